The number of hydrogen-bond donors (Lipinski definition) is 1. The zero-order valence-electron chi connectivity index (χ0n) is 15.2. The van der Waals surface area contributed by atoms with E-state index in [0.717, 1.165) is 36.3 Å². The van der Waals surface area contributed by atoms with Crippen molar-refractivity contribution in [3.05, 3.63) is 70.3 Å². The fourth-order valence-electron chi connectivity index (χ4n) is 2.96. The van der Waals surface area contributed by atoms with Crippen molar-refractivity contribution in [1.82, 2.24) is 10.2 Å². The molecule has 0 unspecified atom stereocenters. The summed E-state index contributed by atoms with van der Waals surface area (Å²) in [6.07, 6.45) is 0. The standard InChI is InChI=1S/C21H28N2O/c1-5-23(6-2)15-19-10-8-7-9-18(19)14-22-21(24)20-12-16(3)11-17(4)13-20/h7-13H,5-6,14-15H2,1-4H3,(H,22,24). The number of amides is 1. The number of rotatable bonds is 7. The van der Waals surface area contributed by atoms with Gasteiger partial charge in [0.15, 0.2) is 0 Å². The predicted octanol–water partition coefficient (Wildman–Crippen LogP) is 4.08. The second-order valence-corrected chi connectivity index (χ2v) is 6.29. The Kier molecular flexibility index (Phi) is 6.56. The number of benzene rings is 2. The Morgan fingerprint density at radius 1 is 0.958 bits per heavy atom. The molecule has 2 aromatic carbocycles. The normalized spacial score (nSPS) is 10.9. The maximum atomic E-state index is 12.4. The predicted molar refractivity (Wildman–Crippen MR) is 100 cm³/mol. The van der Waals surface area contributed by atoms with Gasteiger partial charge in [0, 0.05) is 18.7 Å². The van der Waals surface area contributed by atoms with Crippen molar-refractivity contribution in [3.8, 4) is 0 Å². The highest BCUT2D eigenvalue weighted by atomic mass is 16.1. The smallest absolute Gasteiger partial charge is 0.251 e. The van der Waals surface area contributed by atoms with Gasteiger partial charge in [0.05, 0.1) is 0 Å². The third-order valence-corrected chi connectivity index (χ3v) is 4.33. The molecule has 0 atom stereocenters. The summed E-state index contributed by atoms with van der Waals surface area (Å²) in [5, 5.41) is 3.06. The number of aryl methyl sites for hydroxylation is 2. The lowest BCUT2D eigenvalue weighted by atomic mass is 10.1. The van der Waals surface area contributed by atoms with Gasteiger partial charge in [-0.05, 0) is 50.2 Å². The molecule has 0 aromatic heterocycles. The van der Waals surface area contributed by atoms with Crippen LogP contribution in [0.15, 0.2) is 42.5 Å². The summed E-state index contributed by atoms with van der Waals surface area (Å²) in [7, 11) is 0. The van der Waals surface area contributed by atoms with Crippen LogP contribution >= 0.6 is 0 Å². The minimum Gasteiger partial charge on any atom is -0.348 e. The Morgan fingerprint density at radius 2 is 1.54 bits per heavy atom. The third kappa shape index (κ3) is 4.93. The summed E-state index contributed by atoms with van der Waals surface area (Å²) in [4.78, 5) is 14.8. The first-order valence-corrected chi connectivity index (χ1v) is 8.69. The lowest BCUT2D eigenvalue weighted by molar-refractivity contribution is 0.0950. The molecule has 0 heterocycles. The molecule has 2 rings (SSSR count). The van der Waals surface area contributed by atoms with Gasteiger partial charge in [-0.25, -0.2) is 0 Å². The Hall–Kier alpha value is -2.13. The van der Waals surface area contributed by atoms with E-state index in [4.69, 9.17) is 0 Å². The zero-order chi connectivity index (χ0) is 17.5. The van der Waals surface area contributed by atoms with Crippen LogP contribution in [0.1, 0.15) is 46.5 Å². The second-order valence-electron chi connectivity index (χ2n) is 6.29. The highest BCUT2D eigenvalue weighted by molar-refractivity contribution is 5.94. The van der Waals surface area contributed by atoms with Crippen LogP contribution < -0.4 is 5.32 Å². The second kappa shape index (κ2) is 8.65. The SMILES string of the molecule is CCN(CC)Cc1ccccc1CNC(=O)c1cc(C)cc(C)c1. The Morgan fingerprint density at radius 3 is 2.12 bits per heavy atom. The van der Waals surface area contributed by atoms with Crippen LogP contribution in [0.5, 0.6) is 0 Å². The molecule has 3 heteroatoms. The van der Waals surface area contributed by atoms with E-state index in [2.05, 4.69) is 48.3 Å². The van der Waals surface area contributed by atoms with Crippen molar-refractivity contribution >= 4 is 5.91 Å². The van der Waals surface area contributed by atoms with E-state index in [-0.39, 0.29) is 5.91 Å². The minimum atomic E-state index is -0.0144. The summed E-state index contributed by atoms with van der Waals surface area (Å²) < 4.78 is 0. The van der Waals surface area contributed by atoms with Gasteiger partial charge < -0.3 is 5.32 Å². The third-order valence-electron chi connectivity index (χ3n) is 4.33. The van der Waals surface area contributed by atoms with E-state index in [1.54, 1.807) is 0 Å². The highest BCUT2D eigenvalue weighted by Crippen LogP contribution is 2.13. The fraction of sp³-hybridized carbons (Fsp3) is 0.381. The van der Waals surface area contributed by atoms with E-state index >= 15 is 0 Å². The molecule has 0 aliphatic carbocycles. The molecule has 2 aromatic rings. The topological polar surface area (TPSA) is 32.3 Å². The van der Waals surface area contributed by atoms with Crippen LogP contribution in [0.4, 0.5) is 0 Å². The lowest BCUT2D eigenvalue weighted by Crippen LogP contribution is -2.26. The van der Waals surface area contributed by atoms with Gasteiger partial charge in [-0.1, -0.05) is 55.3 Å². The first-order chi connectivity index (χ1) is 11.5. The highest BCUT2D eigenvalue weighted by Gasteiger charge is 2.09. The molecule has 0 fully saturated rings. The summed E-state index contributed by atoms with van der Waals surface area (Å²) >= 11 is 0. The van der Waals surface area contributed by atoms with Gasteiger partial charge in [-0.3, -0.25) is 9.69 Å². The van der Waals surface area contributed by atoms with Gasteiger partial charge >= 0.3 is 0 Å². The van der Waals surface area contributed by atoms with Crippen molar-refractivity contribution in [3.63, 3.8) is 0 Å². The molecular weight excluding hydrogens is 296 g/mol. The number of nitrogens with zero attached hydrogens (tertiary/aromatic N) is 1. The summed E-state index contributed by atoms with van der Waals surface area (Å²) in [5.74, 6) is -0.0144. The van der Waals surface area contributed by atoms with Gasteiger partial charge in [0.25, 0.3) is 5.91 Å². The van der Waals surface area contributed by atoms with Gasteiger partial charge in [0.1, 0.15) is 0 Å². The monoisotopic (exact) mass is 324 g/mol. The maximum absolute atomic E-state index is 12.4. The molecule has 0 saturated heterocycles. The number of hydrogen-bond acceptors (Lipinski definition) is 2. The molecule has 0 aliphatic heterocycles. The van der Waals surface area contributed by atoms with Gasteiger partial charge in [-0.2, -0.15) is 0 Å². The average Bonchev–Trinajstić information content (AvgIpc) is 2.57. The van der Waals surface area contributed by atoms with E-state index < -0.39 is 0 Å². The van der Waals surface area contributed by atoms with Crippen LogP contribution in [0, 0.1) is 13.8 Å². The molecule has 0 aliphatic rings. The number of carbonyl (C=O) groups is 1. The molecule has 0 bridgehead atoms. The molecule has 24 heavy (non-hydrogen) atoms. The lowest BCUT2D eigenvalue weighted by Gasteiger charge is -2.20. The van der Waals surface area contributed by atoms with E-state index in [9.17, 15) is 4.79 Å². The van der Waals surface area contributed by atoms with Crippen LogP contribution in [0.2, 0.25) is 0 Å². The largest absolute Gasteiger partial charge is 0.348 e. The van der Waals surface area contributed by atoms with E-state index in [1.807, 2.05) is 32.0 Å². The molecule has 0 spiro atoms. The van der Waals surface area contributed by atoms with Crippen LogP contribution in [0.25, 0.3) is 0 Å². The summed E-state index contributed by atoms with van der Waals surface area (Å²) in [5.41, 5.74) is 5.42. The molecular formula is C21H28N2O. The minimum absolute atomic E-state index is 0.0144. The summed E-state index contributed by atoms with van der Waals surface area (Å²) in [6, 6.07) is 14.3. The van der Waals surface area contributed by atoms with Gasteiger partial charge in [-0.15, -0.1) is 0 Å². The molecule has 1 amide bonds. The molecule has 0 saturated carbocycles. The quantitative estimate of drug-likeness (QED) is 0.832. The Balaban J connectivity index is 2.07. The van der Waals surface area contributed by atoms with E-state index in [1.165, 1.54) is 11.1 Å². The van der Waals surface area contributed by atoms with Crippen molar-refractivity contribution in [2.24, 2.45) is 0 Å². The first-order valence-electron chi connectivity index (χ1n) is 8.69. The van der Waals surface area contributed by atoms with E-state index in [0.29, 0.717) is 6.54 Å². The zero-order valence-corrected chi connectivity index (χ0v) is 15.2. The number of carbonyl (C=O) groups excluding carboxylic acids is 1. The van der Waals surface area contributed by atoms with Crippen LogP contribution in [-0.2, 0) is 13.1 Å². The van der Waals surface area contributed by atoms with Crippen molar-refractivity contribution in [2.45, 2.75) is 40.8 Å². The van der Waals surface area contributed by atoms with Crippen LogP contribution in [-0.4, -0.2) is 23.9 Å². The van der Waals surface area contributed by atoms with Gasteiger partial charge in [0.2, 0.25) is 0 Å². The molecule has 1 N–H and O–H groups in total. The van der Waals surface area contributed by atoms with Crippen molar-refractivity contribution in [2.75, 3.05) is 13.1 Å². The first kappa shape index (κ1) is 18.2. The molecule has 0 radical (unpaired) electrons. The van der Waals surface area contributed by atoms with Crippen molar-refractivity contribution in [1.29, 1.82) is 0 Å². The van der Waals surface area contributed by atoms with Crippen LogP contribution in [0.3, 0.4) is 0 Å². The summed E-state index contributed by atoms with van der Waals surface area (Å²) in [6.45, 7) is 11.9. The molecule has 128 valence electrons. The maximum Gasteiger partial charge on any atom is 0.251 e. The fourth-order valence-corrected chi connectivity index (χ4v) is 2.96. The van der Waals surface area contributed by atoms with Crippen molar-refractivity contribution < 1.29 is 4.79 Å². The molecule has 3 nitrogen and oxygen atoms in total. The Labute approximate surface area is 145 Å². The Bertz CT molecular complexity index is 670. The number of nitrogens with one attached hydrogen (secondary N) is 1. The average molecular weight is 324 g/mol.